The third-order valence-electron chi connectivity index (χ3n) is 5.90. The molecular weight excluding hydrogens is 446 g/mol. The molecule has 0 bridgehead atoms. The second-order valence-electron chi connectivity index (χ2n) is 7.36. The molecule has 0 radical (unpaired) electrons. The maximum Gasteiger partial charge on any atom is 0.198 e. The second kappa shape index (κ2) is 6.78. The van der Waals surface area contributed by atoms with E-state index in [0.29, 0.717) is 0 Å². The van der Waals surface area contributed by atoms with Gasteiger partial charge in [-0.25, -0.2) is 17.6 Å². The van der Waals surface area contributed by atoms with Crippen molar-refractivity contribution in [2.24, 2.45) is 0 Å². The zero-order valence-corrected chi connectivity index (χ0v) is 16.5. The Bertz CT molecular complexity index is 1910. The van der Waals surface area contributed by atoms with Gasteiger partial charge in [-0.1, -0.05) is 0 Å². The number of benzene rings is 4. The summed E-state index contributed by atoms with van der Waals surface area (Å²) in [6.07, 6.45) is 0. The molecule has 0 N–H and O–H groups in total. The van der Waals surface area contributed by atoms with Crippen molar-refractivity contribution in [3.63, 3.8) is 0 Å². The SMILES string of the molecule is N#Cc1cc2c(cc1C#N)-c1c(C#N)c3c(F)c(F)c(F)c(F)c3c3c(C#N)c(C#N)cc-2c13. The van der Waals surface area contributed by atoms with Crippen LogP contribution < -0.4 is 0 Å². The van der Waals surface area contributed by atoms with E-state index in [-0.39, 0.29) is 49.7 Å². The number of hydrogen-bond acceptors (Lipinski definition) is 5. The summed E-state index contributed by atoms with van der Waals surface area (Å²) in [6, 6.07) is 12.8. The van der Waals surface area contributed by atoms with Gasteiger partial charge in [-0.2, -0.15) is 26.3 Å². The molecule has 5 nitrogen and oxygen atoms in total. The van der Waals surface area contributed by atoms with Gasteiger partial charge in [0.2, 0.25) is 0 Å². The summed E-state index contributed by atoms with van der Waals surface area (Å²) >= 11 is 0. The van der Waals surface area contributed by atoms with E-state index in [1.165, 1.54) is 18.2 Å². The second-order valence-corrected chi connectivity index (χ2v) is 7.36. The molecule has 0 unspecified atom stereocenters. The van der Waals surface area contributed by atoms with Gasteiger partial charge in [0, 0.05) is 27.1 Å². The van der Waals surface area contributed by atoms with E-state index in [1.54, 1.807) is 18.2 Å². The third-order valence-corrected chi connectivity index (χ3v) is 5.90. The molecule has 0 saturated carbocycles. The standard InChI is InChI=1S/C25H3F4N5/c26-22-20-16(8-34)17-13-2-10(5-31)9(4-30)1-12(13)14-3-11(6-32)15(7-33)19(18(14)17)21(20)23(27)25(29)24(22)28/h1-3H. The molecule has 1 aliphatic rings. The fourth-order valence-electron chi connectivity index (χ4n) is 4.56. The molecule has 5 rings (SSSR count). The molecular formula is C25H3F4N5. The fourth-order valence-corrected chi connectivity index (χ4v) is 4.56. The smallest absolute Gasteiger partial charge is 0.198 e. The fraction of sp³-hybridized carbons (Fsp3) is 0. The van der Waals surface area contributed by atoms with Crippen molar-refractivity contribution in [2.75, 3.05) is 0 Å². The normalized spacial score (nSPS) is 10.8. The molecule has 0 heterocycles. The molecule has 156 valence electrons. The van der Waals surface area contributed by atoms with E-state index >= 15 is 8.78 Å². The van der Waals surface area contributed by atoms with Gasteiger partial charge in [0.05, 0.1) is 27.8 Å². The minimum atomic E-state index is -2.14. The summed E-state index contributed by atoms with van der Waals surface area (Å²) < 4.78 is 58.7. The summed E-state index contributed by atoms with van der Waals surface area (Å²) in [5, 5.41) is 46.1. The molecule has 0 aromatic heterocycles. The number of rotatable bonds is 0. The molecule has 1 aliphatic carbocycles. The Morgan fingerprint density at radius 2 is 0.941 bits per heavy atom. The van der Waals surface area contributed by atoms with E-state index in [1.807, 2.05) is 12.1 Å². The lowest BCUT2D eigenvalue weighted by Crippen LogP contribution is -2.03. The molecule has 0 amide bonds. The van der Waals surface area contributed by atoms with Crippen LogP contribution >= 0.6 is 0 Å². The molecule has 9 heteroatoms. The van der Waals surface area contributed by atoms with Gasteiger partial charge in [-0.05, 0) is 34.9 Å². The molecule has 4 aromatic carbocycles. The van der Waals surface area contributed by atoms with Crippen LogP contribution in [0.2, 0.25) is 0 Å². The number of hydrogen-bond donors (Lipinski definition) is 0. The van der Waals surface area contributed by atoms with Crippen molar-refractivity contribution in [1.29, 1.82) is 26.3 Å². The first-order chi connectivity index (χ1) is 16.3. The van der Waals surface area contributed by atoms with E-state index in [2.05, 4.69) is 0 Å². The maximum absolute atomic E-state index is 15.1. The number of nitrogens with zero attached hydrogens (tertiary/aromatic N) is 5. The van der Waals surface area contributed by atoms with Crippen LogP contribution in [-0.4, -0.2) is 0 Å². The van der Waals surface area contributed by atoms with Gasteiger partial charge in [-0.15, -0.1) is 0 Å². The van der Waals surface area contributed by atoms with Crippen molar-refractivity contribution in [1.82, 2.24) is 0 Å². The van der Waals surface area contributed by atoms with Crippen LogP contribution in [0.15, 0.2) is 18.2 Å². The van der Waals surface area contributed by atoms with Crippen LogP contribution in [0.4, 0.5) is 17.6 Å². The van der Waals surface area contributed by atoms with E-state index in [0.717, 1.165) is 0 Å². The van der Waals surface area contributed by atoms with Crippen LogP contribution in [0.25, 0.3) is 43.8 Å². The highest BCUT2D eigenvalue weighted by Crippen LogP contribution is 2.54. The minimum absolute atomic E-state index is 0.0258. The van der Waals surface area contributed by atoms with Crippen LogP contribution in [-0.2, 0) is 0 Å². The predicted molar refractivity (Wildman–Crippen MR) is 109 cm³/mol. The Balaban J connectivity index is 2.25. The minimum Gasteiger partial charge on any atom is -0.203 e. The Kier molecular flexibility index (Phi) is 4.08. The zero-order valence-electron chi connectivity index (χ0n) is 16.5. The van der Waals surface area contributed by atoms with Gasteiger partial charge >= 0.3 is 0 Å². The van der Waals surface area contributed by atoms with E-state index in [4.69, 9.17) is 0 Å². The number of fused-ring (bicyclic) bond motifs is 5. The Morgan fingerprint density at radius 1 is 0.441 bits per heavy atom. The van der Waals surface area contributed by atoms with Crippen LogP contribution in [0, 0.1) is 79.9 Å². The molecule has 0 saturated heterocycles. The predicted octanol–water partition coefficient (Wildman–Crippen LogP) is 5.56. The molecule has 4 aromatic rings. The van der Waals surface area contributed by atoms with Crippen LogP contribution in [0.1, 0.15) is 27.8 Å². The average Bonchev–Trinajstić information content (AvgIpc) is 3.18. The molecule has 0 atom stereocenters. The van der Waals surface area contributed by atoms with Crippen molar-refractivity contribution in [2.45, 2.75) is 0 Å². The molecule has 0 aliphatic heterocycles. The van der Waals surface area contributed by atoms with Gasteiger partial charge in [0.25, 0.3) is 0 Å². The first-order valence-electron chi connectivity index (χ1n) is 9.36. The highest BCUT2D eigenvalue weighted by Gasteiger charge is 2.35. The first-order valence-corrected chi connectivity index (χ1v) is 9.36. The largest absolute Gasteiger partial charge is 0.203 e. The van der Waals surface area contributed by atoms with Gasteiger partial charge in [0.15, 0.2) is 23.3 Å². The van der Waals surface area contributed by atoms with Crippen LogP contribution in [0.5, 0.6) is 0 Å². The zero-order chi connectivity index (χ0) is 24.5. The van der Waals surface area contributed by atoms with Crippen LogP contribution in [0.3, 0.4) is 0 Å². The van der Waals surface area contributed by atoms with Gasteiger partial charge in [-0.3, -0.25) is 0 Å². The number of nitriles is 5. The molecule has 34 heavy (non-hydrogen) atoms. The Hall–Kier alpha value is -5.43. The van der Waals surface area contributed by atoms with Crippen molar-refractivity contribution in [3.05, 3.63) is 69.3 Å². The Labute approximate surface area is 187 Å². The lowest BCUT2D eigenvalue weighted by molar-refractivity contribution is 0.418. The summed E-state index contributed by atoms with van der Waals surface area (Å²) in [6.45, 7) is 0. The third kappa shape index (κ3) is 2.21. The lowest BCUT2D eigenvalue weighted by atomic mass is 9.87. The lowest BCUT2D eigenvalue weighted by Gasteiger charge is -2.15. The Morgan fingerprint density at radius 3 is 1.47 bits per heavy atom. The summed E-state index contributed by atoms with van der Waals surface area (Å²) in [5.41, 5.74) is -0.771. The first kappa shape index (κ1) is 20.5. The topological polar surface area (TPSA) is 119 Å². The quantitative estimate of drug-likeness (QED) is 0.133. The van der Waals surface area contributed by atoms with Gasteiger partial charge in [0.1, 0.15) is 30.3 Å². The van der Waals surface area contributed by atoms with Crippen molar-refractivity contribution in [3.8, 4) is 52.6 Å². The number of halogens is 4. The summed E-state index contributed by atoms with van der Waals surface area (Å²) in [4.78, 5) is 0. The highest BCUT2D eigenvalue weighted by molar-refractivity contribution is 6.28. The van der Waals surface area contributed by atoms with Gasteiger partial charge < -0.3 is 0 Å². The highest BCUT2D eigenvalue weighted by atomic mass is 19.2. The van der Waals surface area contributed by atoms with E-state index in [9.17, 15) is 35.1 Å². The molecule has 0 fully saturated rings. The molecule has 0 spiro atoms. The van der Waals surface area contributed by atoms with Crippen molar-refractivity contribution >= 4 is 21.5 Å². The average molecular weight is 449 g/mol. The monoisotopic (exact) mass is 449 g/mol. The summed E-state index contributed by atoms with van der Waals surface area (Å²) in [5.74, 6) is -7.93. The van der Waals surface area contributed by atoms with Crippen molar-refractivity contribution < 1.29 is 17.6 Å². The summed E-state index contributed by atoms with van der Waals surface area (Å²) in [7, 11) is 0. The maximum atomic E-state index is 15.1. The van der Waals surface area contributed by atoms with E-state index < -0.39 is 45.2 Å².